The van der Waals surface area contributed by atoms with Gasteiger partial charge in [-0.3, -0.25) is 9.59 Å². The first-order valence-corrected chi connectivity index (χ1v) is 4.67. The largest absolute Gasteiger partial charge is 0.872 e. The molecular formula is C10H4BrO3-. The van der Waals surface area contributed by atoms with Gasteiger partial charge in [-0.1, -0.05) is 23.9 Å². The van der Waals surface area contributed by atoms with Crippen molar-refractivity contribution in [1.82, 2.24) is 0 Å². The van der Waals surface area contributed by atoms with E-state index in [0.717, 1.165) is 0 Å². The second-order valence-electron chi connectivity index (χ2n) is 2.86. The van der Waals surface area contributed by atoms with Crippen molar-refractivity contribution in [2.75, 3.05) is 0 Å². The first kappa shape index (κ1) is 9.15. The highest BCUT2D eigenvalue weighted by atomic mass is 79.9. The van der Waals surface area contributed by atoms with Crippen LogP contribution in [-0.2, 0) is 0 Å². The molecule has 0 unspecified atom stereocenters. The van der Waals surface area contributed by atoms with Crippen molar-refractivity contribution in [3.8, 4) is 5.75 Å². The maximum atomic E-state index is 11.5. The number of hydrogen-bond donors (Lipinski definition) is 0. The van der Waals surface area contributed by atoms with Gasteiger partial charge >= 0.3 is 0 Å². The predicted octanol–water partition coefficient (Wildman–Crippen LogP) is 1.42. The summed E-state index contributed by atoms with van der Waals surface area (Å²) in [6.45, 7) is 0. The SMILES string of the molecule is O=C1C=C(Br)C(=O)c2c([O-])cccc21. The Balaban J connectivity index is 2.76. The molecule has 0 radical (unpaired) electrons. The second kappa shape index (κ2) is 3.06. The number of halogens is 1. The summed E-state index contributed by atoms with van der Waals surface area (Å²) in [5, 5.41) is 11.3. The van der Waals surface area contributed by atoms with E-state index in [2.05, 4.69) is 15.9 Å². The first-order chi connectivity index (χ1) is 6.61. The molecule has 0 heterocycles. The Morgan fingerprint density at radius 1 is 1.21 bits per heavy atom. The molecule has 0 bridgehead atoms. The quantitative estimate of drug-likeness (QED) is 0.701. The third kappa shape index (κ3) is 1.19. The smallest absolute Gasteiger partial charge is 0.200 e. The van der Waals surface area contributed by atoms with Crippen LogP contribution in [0.4, 0.5) is 0 Å². The maximum absolute atomic E-state index is 11.5. The third-order valence-electron chi connectivity index (χ3n) is 1.99. The Labute approximate surface area is 88.2 Å². The van der Waals surface area contributed by atoms with Crippen LogP contribution in [0, 0.1) is 0 Å². The standard InChI is InChI=1S/C10H5BrO3/c11-6-4-8(13)5-2-1-3-7(12)9(5)10(6)14/h1-4,12H/p-1. The zero-order chi connectivity index (χ0) is 10.3. The van der Waals surface area contributed by atoms with Crippen molar-refractivity contribution in [1.29, 1.82) is 0 Å². The van der Waals surface area contributed by atoms with Crippen molar-refractivity contribution in [3.05, 3.63) is 39.9 Å². The summed E-state index contributed by atoms with van der Waals surface area (Å²) in [5.74, 6) is -1.15. The van der Waals surface area contributed by atoms with Crippen LogP contribution in [0.3, 0.4) is 0 Å². The number of benzene rings is 1. The number of rotatable bonds is 0. The van der Waals surface area contributed by atoms with Crippen LogP contribution in [0.1, 0.15) is 20.7 Å². The van der Waals surface area contributed by atoms with E-state index in [9.17, 15) is 14.7 Å². The molecule has 0 fully saturated rings. The van der Waals surface area contributed by atoms with E-state index in [1.807, 2.05) is 0 Å². The predicted molar refractivity (Wildman–Crippen MR) is 51.6 cm³/mol. The lowest BCUT2D eigenvalue weighted by atomic mass is 9.94. The molecule has 0 aliphatic heterocycles. The van der Waals surface area contributed by atoms with E-state index in [1.165, 1.54) is 24.3 Å². The van der Waals surface area contributed by atoms with Gasteiger partial charge in [0.05, 0.1) is 4.48 Å². The Hall–Kier alpha value is -1.42. The van der Waals surface area contributed by atoms with E-state index in [0.29, 0.717) is 0 Å². The van der Waals surface area contributed by atoms with Gasteiger partial charge < -0.3 is 5.11 Å². The number of hydrogen-bond acceptors (Lipinski definition) is 3. The van der Waals surface area contributed by atoms with Crippen molar-refractivity contribution in [3.63, 3.8) is 0 Å². The Morgan fingerprint density at radius 3 is 2.64 bits per heavy atom. The van der Waals surface area contributed by atoms with Crippen molar-refractivity contribution < 1.29 is 14.7 Å². The number of Topliss-reactive ketones (excluding diaryl/α,β-unsaturated/α-hetero) is 1. The molecule has 0 saturated heterocycles. The number of carbonyl (C=O) groups is 2. The highest BCUT2D eigenvalue weighted by molar-refractivity contribution is 9.12. The highest BCUT2D eigenvalue weighted by Crippen LogP contribution is 2.29. The van der Waals surface area contributed by atoms with Gasteiger partial charge in [-0.15, -0.1) is 0 Å². The Morgan fingerprint density at radius 2 is 1.93 bits per heavy atom. The fourth-order valence-corrected chi connectivity index (χ4v) is 1.75. The van der Waals surface area contributed by atoms with Gasteiger partial charge in [0, 0.05) is 17.2 Å². The van der Waals surface area contributed by atoms with Gasteiger partial charge in [-0.2, -0.15) is 0 Å². The minimum absolute atomic E-state index is 0.0353. The summed E-state index contributed by atoms with van der Waals surface area (Å²) in [7, 11) is 0. The minimum atomic E-state index is -0.426. The summed E-state index contributed by atoms with van der Waals surface area (Å²) in [5.41, 5.74) is 0.151. The van der Waals surface area contributed by atoms with Gasteiger partial charge in [0.2, 0.25) is 0 Å². The number of ketones is 2. The molecule has 2 rings (SSSR count). The van der Waals surface area contributed by atoms with Crippen molar-refractivity contribution in [2.45, 2.75) is 0 Å². The molecule has 1 aliphatic rings. The number of fused-ring (bicyclic) bond motifs is 1. The van der Waals surface area contributed by atoms with Crippen molar-refractivity contribution in [2.24, 2.45) is 0 Å². The lowest BCUT2D eigenvalue weighted by Crippen LogP contribution is -2.16. The molecule has 0 amide bonds. The molecule has 0 spiro atoms. The van der Waals surface area contributed by atoms with Gasteiger partial charge in [0.25, 0.3) is 0 Å². The third-order valence-corrected chi connectivity index (χ3v) is 2.58. The minimum Gasteiger partial charge on any atom is -0.872 e. The zero-order valence-corrected chi connectivity index (χ0v) is 8.50. The van der Waals surface area contributed by atoms with E-state index in [-0.39, 0.29) is 21.4 Å². The Bertz CT molecular complexity index is 474. The molecule has 3 nitrogen and oxygen atoms in total. The molecule has 0 aromatic heterocycles. The van der Waals surface area contributed by atoms with Crippen LogP contribution in [0.15, 0.2) is 28.8 Å². The van der Waals surface area contributed by atoms with Crippen LogP contribution in [0.25, 0.3) is 0 Å². The van der Waals surface area contributed by atoms with Crippen LogP contribution in [0.2, 0.25) is 0 Å². The highest BCUT2D eigenvalue weighted by Gasteiger charge is 2.23. The Kier molecular flexibility index (Phi) is 2.00. The summed E-state index contributed by atoms with van der Waals surface area (Å²) >= 11 is 2.95. The number of allylic oxidation sites excluding steroid dienone is 2. The molecule has 0 saturated carbocycles. The zero-order valence-electron chi connectivity index (χ0n) is 6.91. The molecule has 1 aromatic rings. The van der Waals surface area contributed by atoms with Crippen molar-refractivity contribution >= 4 is 27.5 Å². The average Bonchev–Trinajstić information content (AvgIpc) is 2.14. The van der Waals surface area contributed by atoms with Crippen LogP contribution < -0.4 is 5.11 Å². The van der Waals surface area contributed by atoms with E-state index in [4.69, 9.17) is 0 Å². The first-order valence-electron chi connectivity index (χ1n) is 3.87. The van der Waals surface area contributed by atoms with E-state index >= 15 is 0 Å². The van der Waals surface area contributed by atoms with Gasteiger partial charge in [-0.05, 0) is 15.9 Å². The fourth-order valence-electron chi connectivity index (χ4n) is 1.35. The summed E-state index contributed by atoms with van der Waals surface area (Å²) in [6, 6.07) is 4.22. The monoisotopic (exact) mass is 251 g/mol. The molecule has 14 heavy (non-hydrogen) atoms. The molecule has 70 valence electrons. The molecule has 0 N–H and O–H groups in total. The molecule has 1 aliphatic carbocycles. The summed E-state index contributed by atoms with van der Waals surface area (Å²) in [4.78, 5) is 22.9. The van der Waals surface area contributed by atoms with Gasteiger partial charge in [0.1, 0.15) is 0 Å². The lowest BCUT2D eigenvalue weighted by molar-refractivity contribution is -0.268. The fraction of sp³-hybridized carbons (Fsp3) is 0. The van der Waals surface area contributed by atoms with E-state index in [1.54, 1.807) is 0 Å². The van der Waals surface area contributed by atoms with E-state index < -0.39 is 11.5 Å². The second-order valence-corrected chi connectivity index (χ2v) is 3.72. The molecule has 0 atom stereocenters. The summed E-state index contributed by atoms with van der Waals surface area (Å²) < 4.78 is 0.137. The molecular weight excluding hydrogens is 248 g/mol. The maximum Gasteiger partial charge on any atom is 0.200 e. The average molecular weight is 252 g/mol. The normalized spacial score (nSPS) is 15.1. The van der Waals surface area contributed by atoms with Crippen LogP contribution in [-0.4, -0.2) is 11.6 Å². The van der Waals surface area contributed by atoms with Crippen LogP contribution >= 0.6 is 15.9 Å². The van der Waals surface area contributed by atoms with Gasteiger partial charge in [-0.25, -0.2) is 0 Å². The topological polar surface area (TPSA) is 57.2 Å². The lowest BCUT2D eigenvalue weighted by Gasteiger charge is -2.18. The molecule has 1 aromatic carbocycles. The number of carbonyl (C=O) groups excluding carboxylic acids is 2. The molecule has 4 heteroatoms. The van der Waals surface area contributed by atoms with Gasteiger partial charge in [0.15, 0.2) is 11.6 Å². The van der Waals surface area contributed by atoms with Crippen LogP contribution in [0.5, 0.6) is 5.75 Å². The summed E-state index contributed by atoms with van der Waals surface area (Å²) in [6.07, 6.45) is 1.18.